The fourth-order valence-electron chi connectivity index (χ4n) is 1.79. The van der Waals surface area contributed by atoms with Gasteiger partial charge in [-0.3, -0.25) is 10.1 Å². The molecule has 0 fully saturated rings. The lowest BCUT2D eigenvalue weighted by Crippen LogP contribution is -1.93. The lowest BCUT2D eigenvalue weighted by Gasteiger charge is -2.02. The zero-order valence-electron chi connectivity index (χ0n) is 11.4. The second-order valence-electron chi connectivity index (χ2n) is 4.28. The summed E-state index contributed by atoms with van der Waals surface area (Å²) in [6.45, 7) is 0. The number of benzene rings is 2. The number of non-ortho nitro benzene ring substituents is 1. The average molecular weight is 283 g/mol. The molecular weight excluding hydrogens is 270 g/mol. The first-order valence-electron chi connectivity index (χ1n) is 6.21. The summed E-state index contributed by atoms with van der Waals surface area (Å²) in [7, 11) is 1.32. The minimum Gasteiger partial charge on any atom is -0.466 e. The first-order valence-corrected chi connectivity index (χ1v) is 6.21. The summed E-state index contributed by atoms with van der Waals surface area (Å²) in [6, 6.07) is 13.8. The molecule has 0 aliphatic heterocycles. The Kier molecular flexibility index (Phi) is 4.46. The Morgan fingerprint density at radius 1 is 1.05 bits per heavy atom. The van der Waals surface area contributed by atoms with E-state index in [1.807, 2.05) is 24.3 Å². The number of carbonyl (C=O) groups excluding carboxylic acids is 1. The van der Waals surface area contributed by atoms with Crippen molar-refractivity contribution in [1.29, 1.82) is 0 Å². The lowest BCUT2D eigenvalue weighted by atomic mass is 10.0. The molecule has 2 rings (SSSR count). The molecule has 0 amide bonds. The Bertz CT molecular complexity index is 672. The van der Waals surface area contributed by atoms with Crippen molar-refractivity contribution < 1.29 is 14.5 Å². The van der Waals surface area contributed by atoms with Crippen molar-refractivity contribution >= 4 is 17.7 Å². The number of carbonyl (C=O) groups is 1. The Morgan fingerprint density at radius 3 is 2.05 bits per heavy atom. The summed E-state index contributed by atoms with van der Waals surface area (Å²) >= 11 is 0. The number of methoxy groups -OCH3 is 1. The highest BCUT2D eigenvalue weighted by Gasteiger charge is 2.04. The summed E-state index contributed by atoms with van der Waals surface area (Å²) in [5.74, 6) is -0.408. The lowest BCUT2D eigenvalue weighted by molar-refractivity contribution is -0.384. The number of ether oxygens (including phenoxy) is 1. The van der Waals surface area contributed by atoms with E-state index < -0.39 is 10.9 Å². The fraction of sp³-hybridized carbons (Fsp3) is 0.0625. The van der Waals surface area contributed by atoms with Gasteiger partial charge < -0.3 is 4.74 Å². The van der Waals surface area contributed by atoms with E-state index in [0.717, 1.165) is 16.7 Å². The maximum Gasteiger partial charge on any atom is 0.330 e. The third-order valence-corrected chi connectivity index (χ3v) is 2.94. The predicted molar refractivity (Wildman–Crippen MR) is 79.6 cm³/mol. The summed E-state index contributed by atoms with van der Waals surface area (Å²) in [4.78, 5) is 21.2. The van der Waals surface area contributed by atoms with Crippen LogP contribution < -0.4 is 0 Å². The Morgan fingerprint density at radius 2 is 1.57 bits per heavy atom. The number of esters is 1. The smallest absolute Gasteiger partial charge is 0.330 e. The van der Waals surface area contributed by atoms with Gasteiger partial charge in [0.1, 0.15) is 0 Å². The van der Waals surface area contributed by atoms with Crippen LogP contribution in [0.2, 0.25) is 0 Å². The van der Waals surface area contributed by atoms with Gasteiger partial charge in [-0.1, -0.05) is 24.3 Å². The van der Waals surface area contributed by atoms with Crippen LogP contribution >= 0.6 is 0 Å². The van der Waals surface area contributed by atoms with Crippen molar-refractivity contribution in [2.45, 2.75) is 0 Å². The fourth-order valence-corrected chi connectivity index (χ4v) is 1.79. The zero-order valence-corrected chi connectivity index (χ0v) is 11.4. The number of hydrogen-bond acceptors (Lipinski definition) is 4. The van der Waals surface area contributed by atoms with Crippen molar-refractivity contribution in [3.05, 3.63) is 70.3 Å². The molecule has 106 valence electrons. The SMILES string of the molecule is COC(=O)C=Cc1ccc(-c2ccc([N+](=O)[O-])cc2)cc1. The molecule has 5 nitrogen and oxygen atoms in total. The van der Waals surface area contributed by atoms with E-state index in [0.29, 0.717) is 0 Å². The van der Waals surface area contributed by atoms with E-state index in [2.05, 4.69) is 4.74 Å². The molecule has 0 aliphatic rings. The van der Waals surface area contributed by atoms with E-state index >= 15 is 0 Å². The minimum atomic E-state index is -0.426. The quantitative estimate of drug-likeness (QED) is 0.373. The Labute approximate surface area is 121 Å². The Hall–Kier alpha value is -2.95. The molecule has 0 radical (unpaired) electrons. The molecular formula is C16H13NO4. The van der Waals surface area contributed by atoms with Crippen molar-refractivity contribution in [2.75, 3.05) is 7.11 Å². The van der Waals surface area contributed by atoms with E-state index in [1.54, 1.807) is 18.2 Å². The van der Waals surface area contributed by atoms with Crippen LogP contribution in [0.1, 0.15) is 5.56 Å². The van der Waals surface area contributed by atoms with Crippen LogP contribution in [-0.2, 0) is 9.53 Å². The van der Waals surface area contributed by atoms with E-state index in [-0.39, 0.29) is 5.69 Å². The third-order valence-electron chi connectivity index (χ3n) is 2.94. The van der Waals surface area contributed by atoms with E-state index in [1.165, 1.54) is 25.3 Å². The molecule has 0 unspecified atom stereocenters. The van der Waals surface area contributed by atoms with Gasteiger partial charge in [-0.15, -0.1) is 0 Å². The maximum atomic E-state index is 11.0. The first kappa shape index (κ1) is 14.5. The van der Waals surface area contributed by atoms with Gasteiger partial charge in [0.25, 0.3) is 5.69 Å². The van der Waals surface area contributed by atoms with Crippen molar-refractivity contribution in [3.63, 3.8) is 0 Å². The molecule has 0 N–H and O–H groups in total. The van der Waals surface area contributed by atoms with Crippen LogP contribution in [0.25, 0.3) is 17.2 Å². The van der Waals surface area contributed by atoms with Gasteiger partial charge in [-0.05, 0) is 34.9 Å². The van der Waals surface area contributed by atoms with Crippen LogP contribution in [-0.4, -0.2) is 18.0 Å². The molecule has 21 heavy (non-hydrogen) atoms. The number of nitro groups is 1. The number of nitrogens with zero attached hydrogens (tertiary/aromatic N) is 1. The number of rotatable bonds is 4. The third kappa shape index (κ3) is 3.76. The highest BCUT2D eigenvalue weighted by atomic mass is 16.6. The monoisotopic (exact) mass is 283 g/mol. The topological polar surface area (TPSA) is 69.4 Å². The van der Waals surface area contributed by atoms with Crippen LogP contribution in [0.15, 0.2) is 54.6 Å². The summed E-state index contributed by atoms with van der Waals surface area (Å²) in [5, 5.41) is 10.6. The van der Waals surface area contributed by atoms with E-state index in [4.69, 9.17) is 0 Å². The van der Waals surface area contributed by atoms with Gasteiger partial charge in [0, 0.05) is 18.2 Å². The van der Waals surface area contributed by atoms with Crippen molar-refractivity contribution in [2.24, 2.45) is 0 Å². The number of hydrogen-bond donors (Lipinski definition) is 0. The van der Waals surface area contributed by atoms with Gasteiger partial charge in [0.2, 0.25) is 0 Å². The molecule has 0 saturated carbocycles. The number of nitro benzene ring substituents is 1. The molecule has 0 atom stereocenters. The van der Waals surface area contributed by atoms with Crippen LogP contribution in [0.5, 0.6) is 0 Å². The predicted octanol–water partition coefficient (Wildman–Crippen LogP) is 3.45. The molecule has 5 heteroatoms. The zero-order chi connectivity index (χ0) is 15.2. The molecule has 0 aliphatic carbocycles. The molecule has 0 spiro atoms. The second-order valence-corrected chi connectivity index (χ2v) is 4.28. The first-order chi connectivity index (χ1) is 10.1. The van der Waals surface area contributed by atoms with Crippen LogP contribution in [0, 0.1) is 10.1 Å². The molecule has 0 saturated heterocycles. The van der Waals surface area contributed by atoms with Gasteiger partial charge in [-0.2, -0.15) is 0 Å². The molecule has 0 heterocycles. The summed E-state index contributed by atoms with van der Waals surface area (Å²) in [6.07, 6.45) is 3.01. The van der Waals surface area contributed by atoms with Crippen molar-refractivity contribution in [3.8, 4) is 11.1 Å². The summed E-state index contributed by atoms with van der Waals surface area (Å²) < 4.78 is 4.51. The molecule has 0 bridgehead atoms. The van der Waals surface area contributed by atoms with Gasteiger partial charge in [0.05, 0.1) is 12.0 Å². The normalized spacial score (nSPS) is 10.5. The summed E-state index contributed by atoms with van der Waals surface area (Å²) in [5.41, 5.74) is 2.77. The highest BCUT2D eigenvalue weighted by Crippen LogP contribution is 2.23. The molecule has 2 aromatic rings. The highest BCUT2D eigenvalue weighted by molar-refractivity contribution is 5.87. The van der Waals surface area contributed by atoms with E-state index in [9.17, 15) is 14.9 Å². The van der Waals surface area contributed by atoms with Crippen LogP contribution in [0.3, 0.4) is 0 Å². The largest absolute Gasteiger partial charge is 0.466 e. The van der Waals surface area contributed by atoms with Gasteiger partial charge >= 0.3 is 5.97 Å². The second kappa shape index (κ2) is 6.47. The average Bonchev–Trinajstić information content (AvgIpc) is 2.53. The molecule has 2 aromatic carbocycles. The molecule has 0 aromatic heterocycles. The minimum absolute atomic E-state index is 0.0661. The standard InChI is InChI=1S/C16H13NO4/c1-21-16(18)11-4-12-2-5-13(6-3-12)14-7-9-15(10-8-14)17(19)20/h2-11H,1H3. The van der Waals surface area contributed by atoms with Crippen molar-refractivity contribution in [1.82, 2.24) is 0 Å². The van der Waals surface area contributed by atoms with Crippen LogP contribution in [0.4, 0.5) is 5.69 Å². The van der Waals surface area contributed by atoms with Gasteiger partial charge in [-0.25, -0.2) is 4.79 Å². The van der Waals surface area contributed by atoms with Gasteiger partial charge in [0.15, 0.2) is 0 Å². The Balaban J connectivity index is 2.16. The maximum absolute atomic E-state index is 11.0.